The van der Waals surface area contributed by atoms with E-state index in [9.17, 15) is 0 Å². The molecular formula is C50H30O. The molecule has 0 aliphatic carbocycles. The lowest BCUT2D eigenvalue weighted by molar-refractivity contribution is 0.673. The summed E-state index contributed by atoms with van der Waals surface area (Å²) in [5.74, 6) is 0. The molecule has 1 heterocycles. The van der Waals surface area contributed by atoms with E-state index in [1.165, 1.54) is 81.9 Å². The third kappa shape index (κ3) is 4.16. The van der Waals surface area contributed by atoms with Gasteiger partial charge in [0, 0.05) is 16.2 Å². The van der Waals surface area contributed by atoms with Crippen LogP contribution in [0.2, 0.25) is 0 Å². The van der Waals surface area contributed by atoms with Gasteiger partial charge in [0.1, 0.15) is 11.2 Å². The molecule has 0 bridgehead atoms. The largest absolute Gasteiger partial charge is 0.455 e. The van der Waals surface area contributed by atoms with Crippen molar-refractivity contribution in [2.24, 2.45) is 0 Å². The van der Waals surface area contributed by atoms with Crippen LogP contribution in [0.15, 0.2) is 186 Å². The van der Waals surface area contributed by atoms with Gasteiger partial charge in [-0.1, -0.05) is 158 Å². The minimum absolute atomic E-state index is 0.907. The van der Waals surface area contributed by atoms with E-state index < -0.39 is 0 Å². The monoisotopic (exact) mass is 646 g/mol. The summed E-state index contributed by atoms with van der Waals surface area (Å²) in [6.45, 7) is 0. The third-order valence-electron chi connectivity index (χ3n) is 10.8. The van der Waals surface area contributed by atoms with Crippen LogP contribution < -0.4 is 0 Å². The van der Waals surface area contributed by atoms with Crippen LogP contribution >= 0.6 is 0 Å². The second kappa shape index (κ2) is 10.9. The quantitative estimate of drug-likeness (QED) is 0.138. The number of hydrogen-bond acceptors (Lipinski definition) is 1. The van der Waals surface area contributed by atoms with Crippen molar-refractivity contribution >= 4 is 75.8 Å². The molecule has 1 aromatic heterocycles. The molecule has 11 aromatic rings. The Balaban J connectivity index is 1.28. The highest BCUT2D eigenvalue weighted by molar-refractivity contribution is 6.28. The number of hydrogen-bond donors (Lipinski definition) is 0. The Morgan fingerprint density at radius 3 is 1.55 bits per heavy atom. The number of benzene rings is 10. The van der Waals surface area contributed by atoms with E-state index in [-0.39, 0.29) is 0 Å². The normalized spacial score (nSPS) is 11.9. The Bertz CT molecular complexity index is 3130. The molecule has 0 fully saturated rings. The molecule has 0 spiro atoms. The minimum Gasteiger partial charge on any atom is -0.455 e. The average Bonchev–Trinajstić information content (AvgIpc) is 3.59. The number of fused-ring (bicyclic) bond motifs is 10. The number of furan rings is 1. The third-order valence-corrected chi connectivity index (χ3v) is 10.8. The van der Waals surface area contributed by atoms with Gasteiger partial charge in [-0.25, -0.2) is 0 Å². The summed E-state index contributed by atoms with van der Waals surface area (Å²) in [5.41, 5.74) is 9.21. The lowest BCUT2D eigenvalue weighted by Crippen LogP contribution is -1.94. The molecule has 0 unspecified atom stereocenters. The van der Waals surface area contributed by atoms with Crippen LogP contribution in [0.25, 0.3) is 109 Å². The first-order valence-electron chi connectivity index (χ1n) is 17.6. The summed E-state index contributed by atoms with van der Waals surface area (Å²) < 4.78 is 6.68. The maximum Gasteiger partial charge on any atom is 0.143 e. The van der Waals surface area contributed by atoms with E-state index in [1.54, 1.807) is 0 Å². The van der Waals surface area contributed by atoms with Gasteiger partial charge in [-0.15, -0.1) is 0 Å². The summed E-state index contributed by atoms with van der Waals surface area (Å²) in [6, 6.07) is 66.4. The van der Waals surface area contributed by atoms with Gasteiger partial charge in [0.15, 0.2) is 0 Å². The highest BCUT2D eigenvalue weighted by atomic mass is 16.3. The molecule has 0 amide bonds. The minimum atomic E-state index is 0.907. The topological polar surface area (TPSA) is 13.1 Å². The van der Waals surface area contributed by atoms with Gasteiger partial charge in [-0.2, -0.15) is 0 Å². The lowest BCUT2D eigenvalue weighted by atomic mass is 9.82. The van der Waals surface area contributed by atoms with Gasteiger partial charge in [0.05, 0.1) is 0 Å². The maximum atomic E-state index is 6.68. The van der Waals surface area contributed by atoms with E-state index in [0.29, 0.717) is 0 Å². The fourth-order valence-electron chi connectivity index (χ4n) is 8.59. The van der Waals surface area contributed by atoms with Crippen molar-refractivity contribution in [1.29, 1.82) is 0 Å². The summed E-state index contributed by atoms with van der Waals surface area (Å²) >= 11 is 0. The smallest absolute Gasteiger partial charge is 0.143 e. The Kier molecular flexibility index (Phi) is 6.02. The van der Waals surface area contributed by atoms with E-state index in [0.717, 1.165) is 27.3 Å². The predicted molar refractivity (Wildman–Crippen MR) is 218 cm³/mol. The Morgan fingerprint density at radius 2 is 0.843 bits per heavy atom. The SMILES string of the molecule is c1ccc(-c2cc3c(ccc4ccccc43)cc2-c2c3ccccc3c(-c3cccc4oc5c6ccccc6ccc5c34)c3ccccc23)cc1. The van der Waals surface area contributed by atoms with Crippen LogP contribution in [0.3, 0.4) is 0 Å². The van der Waals surface area contributed by atoms with Crippen LogP contribution in [0.5, 0.6) is 0 Å². The summed E-state index contributed by atoms with van der Waals surface area (Å²) in [4.78, 5) is 0. The zero-order chi connectivity index (χ0) is 33.5. The van der Waals surface area contributed by atoms with Gasteiger partial charge in [0.2, 0.25) is 0 Å². The molecule has 0 saturated heterocycles. The second-order valence-corrected chi connectivity index (χ2v) is 13.6. The van der Waals surface area contributed by atoms with E-state index in [1.807, 2.05) is 0 Å². The second-order valence-electron chi connectivity index (χ2n) is 13.6. The van der Waals surface area contributed by atoms with Gasteiger partial charge in [-0.05, 0) is 106 Å². The van der Waals surface area contributed by atoms with Crippen molar-refractivity contribution in [3.63, 3.8) is 0 Å². The molecule has 1 heteroatoms. The lowest BCUT2D eigenvalue weighted by Gasteiger charge is -2.21. The van der Waals surface area contributed by atoms with Crippen molar-refractivity contribution in [3.8, 4) is 33.4 Å². The standard InChI is InChI=1S/C50H30O/c1-2-13-31(14-3-1)43-30-44-34(26-25-32-15-4-6-17-35(32)44)29-45(43)48-39-21-10-8-19-37(39)47(38-20-9-11-22-40(38)48)41-23-12-24-46-49(41)42-28-27-33-16-5-7-18-36(33)50(42)51-46/h1-30H. The predicted octanol–water partition coefficient (Wildman–Crippen LogP) is 14.4. The van der Waals surface area contributed by atoms with Crippen molar-refractivity contribution in [3.05, 3.63) is 182 Å². The van der Waals surface area contributed by atoms with Crippen LogP contribution in [0.1, 0.15) is 0 Å². The van der Waals surface area contributed by atoms with E-state index >= 15 is 0 Å². The molecule has 0 N–H and O–H groups in total. The van der Waals surface area contributed by atoms with Crippen molar-refractivity contribution in [2.45, 2.75) is 0 Å². The molecule has 236 valence electrons. The Hall–Kier alpha value is -6.70. The fourth-order valence-corrected chi connectivity index (χ4v) is 8.59. The molecule has 11 rings (SSSR count). The first-order valence-corrected chi connectivity index (χ1v) is 17.6. The molecule has 0 aliphatic heterocycles. The van der Waals surface area contributed by atoms with Crippen molar-refractivity contribution in [2.75, 3.05) is 0 Å². The Morgan fingerprint density at radius 1 is 0.294 bits per heavy atom. The molecule has 10 aromatic carbocycles. The molecule has 0 aliphatic rings. The zero-order valence-corrected chi connectivity index (χ0v) is 27.7. The number of rotatable bonds is 3. The van der Waals surface area contributed by atoms with Crippen LogP contribution in [-0.4, -0.2) is 0 Å². The summed E-state index contributed by atoms with van der Waals surface area (Å²) in [7, 11) is 0. The van der Waals surface area contributed by atoms with Crippen LogP contribution in [0.4, 0.5) is 0 Å². The van der Waals surface area contributed by atoms with Gasteiger partial charge >= 0.3 is 0 Å². The molecule has 0 atom stereocenters. The highest BCUT2D eigenvalue weighted by Crippen LogP contribution is 2.49. The van der Waals surface area contributed by atoms with Crippen molar-refractivity contribution < 1.29 is 4.42 Å². The van der Waals surface area contributed by atoms with E-state index in [4.69, 9.17) is 4.42 Å². The maximum absolute atomic E-state index is 6.68. The first-order chi connectivity index (χ1) is 25.3. The zero-order valence-electron chi connectivity index (χ0n) is 27.7. The van der Waals surface area contributed by atoms with Crippen molar-refractivity contribution in [1.82, 2.24) is 0 Å². The van der Waals surface area contributed by atoms with Crippen LogP contribution in [-0.2, 0) is 0 Å². The Labute approximate surface area is 294 Å². The highest BCUT2D eigenvalue weighted by Gasteiger charge is 2.22. The summed E-state index contributed by atoms with van der Waals surface area (Å²) in [5, 5.41) is 14.6. The first kappa shape index (κ1) is 28.2. The summed E-state index contributed by atoms with van der Waals surface area (Å²) in [6.07, 6.45) is 0. The average molecular weight is 647 g/mol. The van der Waals surface area contributed by atoms with Gasteiger partial charge in [-0.3, -0.25) is 0 Å². The molecule has 0 saturated carbocycles. The van der Waals surface area contributed by atoms with Gasteiger partial charge in [0.25, 0.3) is 0 Å². The fraction of sp³-hybridized carbons (Fsp3) is 0. The molecular weight excluding hydrogens is 617 g/mol. The van der Waals surface area contributed by atoms with Gasteiger partial charge < -0.3 is 4.42 Å². The van der Waals surface area contributed by atoms with Crippen LogP contribution in [0, 0.1) is 0 Å². The molecule has 1 nitrogen and oxygen atoms in total. The molecule has 51 heavy (non-hydrogen) atoms. The molecule has 0 radical (unpaired) electrons. The van der Waals surface area contributed by atoms with E-state index in [2.05, 4.69) is 182 Å².